The average molecular weight is 271 g/mol. The van der Waals surface area contributed by atoms with E-state index < -0.39 is 0 Å². The number of aliphatic imine (C=N–C) groups is 1. The van der Waals surface area contributed by atoms with Crippen LogP contribution < -0.4 is 0 Å². The Hall–Kier alpha value is -1.03. The van der Waals surface area contributed by atoms with E-state index in [4.69, 9.17) is 9.47 Å². The predicted octanol–water partition coefficient (Wildman–Crippen LogP) is 2.28. The Kier molecular flexibility index (Phi) is 9.31. The fourth-order valence-corrected chi connectivity index (χ4v) is 1.53. The first kappa shape index (κ1) is 18.0. The predicted molar refractivity (Wildman–Crippen MR) is 73.0 cm³/mol. The number of rotatable bonds is 11. The maximum Gasteiger partial charge on any atom is 0.234 e. The van der Waals surface area contributed by atoms with Crippen LogP contribution in [0.15, 0.2) is 4.99 Å². The molecule has 5 nitrogen and oxygen atoms in total. The second kappa shape index (κ2) is 9.84. The van der Waals surface area contributed by atoms with Gasteiger partial charge < -0.3 is 9.47 Å². The summed E-state index contributed by atoms with van der Waals surface area (Å²) in [6.45, 7) is 6.74. The molecule has 1 unspecified atom stereocenters. The zero-order chi connectivity index (χ0) is 14.7. The van der Waals surface area contributed by atoms with Crippen molar-refractivity contribution >= 4 is 11.9 Å². The second-order valence-corrected chi connectivity index (χ2v) is 5.02. The van der Waals surface area contributed by atoms with Crippen LogP contribution in [0.25, 0.3) is 0 Å². The van der Waals surface area contributed by atoms with Gasteiger partial charge in [0.15, 0.2) is 5.78 Å². The Morgan fingerprint density at radius 2 is 2.11 bits per heavy atom. The first-order chi connectivity index (χ1) is 8.96. The van der Waals surface area contributed by atoms with Crippen molar-refractivity contribution in [3.8, 4) is 0 Å². The van der Waals surface area contributed by atoms with Crippen LogP contribution in [0.3, 0.4) is 0 Å². The number of hydrogen-bond acceptors (Lipinski definition) is 5. The van der Waals surface area contributed by atoms with Gasteiger partial charge in [-0.1, -0.05) is 6.92 Å². The molecular formula is C14H25NO4. The van der Waals surface area contributed by atoms with Crippen LogP contribution in [0.4, 0.5) is 0 Å². The highest BCUT2D eigenvalue weighted by molar-refractivity contribution is 5.82. The summed E-state index contributed by atoms with van der Waals surface area (Å²) >= 11 is 0. The van der Waals surface area contributed by atoms with Crippen molar-refractivity contribution in [3.63, 3.8) is 0 Å². The lowest BCUT2D eigenvalue weighted by atomic mass is 10.1. The third-order valence-corrected chi connectivity index (χ3v) is 3.06. The third kappa shape index (κ3) is 8.65. The first-order valence-electron chi connectivity index (χ1n) is 6.70. The molecule has 0 amide bonds. The first-order valence-corrected chi connectivity index (χ1v) is 6.70. The highest BCUT2D eigenvalue weighted by Crippen LogP contribution is 2.14. The number of ketones is 1. The molecule has 5 heteroatoms. The van der Waals surface area contributed by atoms with E-state index in [2.05, 4.69) is 4.99 Å². The monoisotopic (exact) mass is 271 g/mol. The van der Waals surface area contributed by atoms with Crippen molar-refractivity contribution < 1.29 is 19.1 Å². The van der Waals surface area contributed by atoms with Gasteiger partial charge in [0.05, 0.1) is 18.8 Å². The Labute approximate surface area is 115 Å². The van der Waals surface area contributed by atoms with E-state index in [-0.39, 0.29) is 17.5 Å². The summed E-state index contributed by atoms with van der Waals surface area (Å²) in [5.41, 5.74) is -0.236. The summed E-state index contributed by atoms with van der Waals surface area (Å²) in [6, 6.07) is 0. The fourth-order valence-electron chi connectivity index (χ4n) is 1.53. The highest BCUT2D eigenvalue weighted by atomic mass is 16.5. The minimum atomic E-state index is -0.368. The van der Waals surface area contributed by atoms with Crippen LogP contribution in [-0.2, 0) is 19.1 Å². The van der Waals surface area contributed by atoms with Crippen LogP contribution >= 0.6 is 0 Å². The molecule has 0 rings (SSSR count). The van der Waals surface area contributed by atoms with Gasteiger partial charge in [0.1, 0.15) is 6.10 Å². The van der Waals surface area contributed by atoms with Crippen molar-refractivity contribution in [1.82, 2.24) is 0 Å². The molecule has 0 heterocycles. The molecule has 0 aliphatic carbocycles. The lowest BCUT2D eigenvalue weighted by Gasteiger charge is -2.24. The molecule has 0 saturated heterocycles. The number of hydrogen-bond donors (Lipinski definition) is 0. The van der Waals surface area contributed by atoms with Gasteiger partial charge in [-0.25, -0.2) is 9.79 Å². The number of carbonyl (C=O) groups excluding carboxylic acids is 2. The standard InChI is InChI=1S/C14H25NO4/c1-5-13(12(17)7-6-9-15-11-16)19-10-8-14(2,3)18-4/h13H,5-10H2,1-4H3. The van der Waals surface area contributed by atoms with Gasteiger partial charge >= 0.3 is 0 Å². The van der Waals surface area contributed by atoms with Gasteiger partial charge in [0.2, 0.25) is 6.08 Å². The van der Waals surface area contributed by atoms with Crippen LogP contribution in [0.1, 0.15) is 46.5 Å². The van der Waals surface area contributed by atoms with Crippen molar-refractivity contribution in [2.24, 2.45) is 4.99 Å². The molecule has 0 aromatic heterocycles. The molecule has 0 spiro atoms. The third-order valence-electron chi connectivity index (χ3n) is 3.06. The van der Waals surface area contributed by atoms with Crippen molar-refractivity contribution in [1.29, 1.82) is 0 Å². The van der Waals surface area contributed by atoms with Crippen LogP contribution in [0.5, 0.6) is 0 Å². The SMILES string of the molecule is CCC(OCCC(C)(C)OC)C(=O)CCCN=C=O. The lowest BCUT2D eigenvalue weighted by molar-refractivity contribution is -0.132. The van der Waals surface area contributed by atoms with Gasteiger partial charge in [-0.3, -0.25) is 4.79 Å². The summed E-state index contributed by atoms with van der Waals surface area (Å²) in [4.78, 5) is 25.2. The van der Waals surface area contributed by atoms with Crippen molar-refractivity contribution in [3.05, 3.63) is 0 Å². The topological polar surface area (TPSA) is 65.0 Å². The van der Waals surface area contributed by atoms with Crippen LogP contribution in [0, 0.1) is 0 Å². The van der Waals surface area contributed by atoms with E-state index in [9.17, 15) is 9.59 Å². The quantitative estimate of drug-likeness (QED) is 0.328. The maximum absolute atomic E-state index is 11.9. The molecule has 1 atom stereocenters. The van der Waals surface area contributed by atoms with Crippen molar-refractivity contribution in [2.45, 2.75) is 58.2 Å². The molecule has 0 N–H and O–H groups in total. The van der Waals surface area contributed by atoms with E-state index in [1.165, 1.54) is 6.08 Å². The number of Topliss-reactive ketones (excluding diaryl/α,β-unsaturated/α-hetero) is 1. The minimum absolute atomic E-state index is 0.0684. The van der Waals surface area contributed by atoms with E-state index >= 15 is 0 Å². The van der Waals surface area contributed by atoms with Gasteiger partial charge in [-0.15, -0.1) is 0 Å². The number of isocyanates is 1. The molecule has 0 fully saturated rings. The van der Waals surface area contributed by atoms with Gasteiger partial charge in [0.25, 0.3) is 0 Å². The smallest absolute Gasteiger partial charge is 0.234 e. The average Bonchev–Trinajstić information content (AvgIpc) is 2.39. The zero-order valence-corrected chi connectivity index (χ0v) is 12.4. The Bertz CT molecular complexity index is 309. The Morgan fingerprint density at radius 1 is 1.42 bits per heavy atom. The molecule has 110 valence electrons. The molecule has 19 heavy (non-hydrogen) atoms. The van der Waals surface area contributed by atoms with Crippen molar-refractivity contribution in [2.75, 3.05) is 20.3 Å². The van der Waals surface area contributed by atoms with Gasteiger partial charge in [0, 0.05) is 13.5 Å². The Balaban J connectivity index is 3.98. The summed E-state index contributed by atoms with van der Waals surface area (Å²) in [6.07, 6.45) is 3.44. The molecule has 0 aromatic rings. The Morgan fingerprint density at radius 3 is 2.63 bits per heavy atom. The van der Waals surface area contributed by atoms with E-state index in [0.29, 0.717) is 32.4 Å². The number of methoxy groups -OCH3 is 1. The maximum atomic E-state index is 11.9. The molecule has 0 aliphatic heterocycles. The van der Waals surface area contributed by atoms with E-state index in [0.717, 1.165) is 6.42 Å². The number of carbonyl (C=O) groups is 1. The molecule has 0 aliphatic rings. The summed E-state index contributed by atoms with van der Waals surface area (Å²) in [5.74, 6) is 0.0684. The normalized spacial score (nSPS) is 12.8. The van der Waals surface area contributed by atoms with Crippen LogP contribution in [-0.4, -0.2) is 43.8 Å². The fraction of sp³-hybridized carbons (Fsp3) is 0.857. The van der Waals surface area contributed by atoms with Crippen LogP contribution in [0.2, 0.25) is 0 Å². The number of nitrogens with zero attached hydrogens (tertiary/aromatic N) is 1. The summed E-state index contributed by atoms with van der Waals surface area (Å²) in [7, 11) is 1.66. The molecule has 0 bridgehead atoms. The molecular weight excluding hydrogens is 246 g/mol. The minimum Gasteiger partial charge on any atom is -0.379 e. The summed E-state index contributed by atoms with van der Waals surface area (Å²) in [5, 5.41) is 0. The molecule has 0 saturated carbocycles. The van der Waals surface area contributed by atoms with Gasteiger partial charge in [-0.05, 0) is 33.1 Å². The molecule has 0 aromatic carbocycles. The largest absolute Gasteiger partial charge is 0.379 e. The zero-order valence-electron chi connectivity index (χ0n) is 12.4. The highest BCUT2D eigenvalue weighted by Gasteiger charge is 2.20. The van der Waals surface area contributed by atoms with Gasteiger partial charge in [-0.2, -0.15) is 0 Å². The van der Waals surface area contributed by atoms with E-state index in [1.54, 1.807) is 7.11 Å². The lowest BCUT2D eigenvalue weighted by Crippen LogP contribution is -2.29. The second-order valence-electron chi connectivity index (χ2n) is 5.02. The number of ether oxygens (including phenoxy) is 2. The summed E-state index contributed by atoms with van der Waals surface area (Å²) < 4.78 is 10.9. The molecule has 0 radical (unpaired) electrons. The van der Waals surface area contributed by atoms with E-state index in [1.807, 2.05) is 20.8 Å².